The van der Waals surface area contributed by atoms with E-state index in [0.29, 0.717) is 19.5 Å². The highest BCUT2D eigenvalue weighted by Gasteiger charge is 2.30. The van der Waals surface area contributed by atoms with Crippen molar-refractivity contribution in [3.8, 4) is 0 Å². The number of benzene rings is 1. The van der Waals surface area contributed by atoms with Gasteiger partial charge in [0.15, 0.2) is 0 Å². The van der Waals surface area contributed by atoms with Crippen LogP contribution in [0.1, 0.15) is 17.8 Å². The van der Waals surface area contributed by atoms with E-state index in [0.717, 1.165) is 22.4 Å². The normalized spacial score (nSPS) is 17.7. The molecule has 1 aromatic carbocycles. The zero-order chi connectivity index (χ0) is 16.6. The third-order valence-electron chi connectivity index (χ3n) is 4.35. The highest BCUT2D eigenvalue weighted by Crippen LogP contribution is 2.18. The molecule has 2 aromatic rings. The molecule has 1 atom stereocenters. The fraction of sp³-hybridized carbons (Fsp3) is 0.438. The number of rotatable bonds is 3. The van der Waals surface area contributed by atoms with Crippen molar-refractivity contribution in [2.45, 2.75) is 19.9 Å². The first kappa shape index (κ1) is 15.3. The number of amides is 2. The summed E-state index contributed by atoms with van der Waals surface area (Å²) in [5, 5.41) is 11.8. The molecule has 0 aliphatic carbocycles. The molecule has 23 heavy (non-hydrogen) atoms. The SMILES string of the molecule is Cc1ccc2c(c1)nc(CNC(=O)N1CCC(C(=O)O)C1)n2C. The summed E-state index contributed by atoms with van der Waals surface area (Å²) < 4.78 is 1.96. The van der Waals surface area contributed by atoms with E-state index >= 15 is 0 Å². The summed E-state index contributed by atoms with van der Waals surface area (Å²) in [6.45, 7) is 3.08. The Kier molecular flexibility index (Phi) is 3.94. The topological polar surface area (TPSA) is 87.5 Å². The van der Waals surface area contributed by atoms with Gasteiger partial charge in [-0.05, 0) is 31.0 Å². The summed E-state index contributed by atoms with van der Waals surface area (Å²) in [5.41, 5.74) is 3.07. The number of nitrogens with zero attached hydrogens (tertiary/aromatic N) is 3. The Morgan fingerprint density at radius 1 is 1.43 bits per heavy atom. The van der Waals surface area contributed by atoms with Crippen LogP contribution in [0.15, 0.2) is 18.2 Å². The molecule has 1 fully saturated rings. The van der Waals surface area contributed by atoms with E-state index < -0.39 is 11.9 Å². The van der Waals surface area contributed by atoms with Gasteiger partial charge in [0.25, 0.3) is 0 Å². The van der Waals surface area contributed by atoms with Crippen molar-refractivity contribution in [2.75, 3.05) is 13.1 Å². The third-order valence-corrected chi connectivity index (χ3v) is 4.35. The highest BCUT2D eigenvalue weighted by molar-refractivity contribution is 5.78. The zero-order valence-corrected chi connectivity index (χ0v) is 13.2. The molecule has 7 heteroatoms. The van der Waals surface area contributed by atoms with Gasteiger partial charge >= 0.3 is 12.0 Å². The fourth-order valence-corrected chi connectivity index (χ4v) is 2.93. The first-order valence-electron chi connectivity index (χ1n) is 7.63. The molecule has 7 nitrogen and oxygen atoms in total. The van der Waals surface area contributed by atoms with Crippen LogP contribution in [0.3, 0.4) is 0 Å². The van der Waals surface area contributed by atoms with Crippen LogP contribution in [-0.4, -0.2) is 44.6 Å². The first-order chi connectivity index (χ1) is 11.0. The largest absolute Gasteiger partial charge is 0.481 e. The van der Waals surface area contributed by atoms with Crippen molar-refractivity contribution in [3.63, 3.8) is 0 Å². The molecule has 2 amide bonds. The molecule has 1 saturated heterocycles. The van der Waals surface area contributed by atoms with Gasteiger partial charge in [0.2, 0.25) is 0 Å². The van der Waals surface area contributed by atoms with Crippen molar-refractivity contribution in [2.24, 2.45) is 13.0 Å². The average molecular weight is 316 g/mol. The lowest BCUT2D eigenvalue weighted by atomic mass is 10.1. The van der Waals surface area contributed by atoms with Gasteiger partial charge in [0, 0.05) is 20.1 Å². The van der Waals surface area contributed by atoms with Crippen LogP contribution in [0, 0.1) is 12.8 Å². The van der Waals surface area contributed by atoms with Gasteiger partial charge in [-0.1, -0.05) is 6.07 Å². The van der Waals surface area contributed by atoms with Crippen LogP contribution in [0.25, 0.3) is 11.0 Å². The van der Waals surface area contributed by atoms with Gasteiger partial charge in [0.1, 0.15) is 5.82 Å². The quantitative estimate of drug-likeness (QED) is 0.898. The van der Waals surface area contributed by atoms with E-state index in [4.69, 9.17) is 5.11 Å². The predicted molar refractivity (Wildman–Crippen MR) is 85.0 cm³/mol. The number of likely N-dealkylation sites (tertiary alicyclic amines) is 1. The van der Waals surface area contributed by atoms with Crippen LogP contribution in [0.2, 0.25) is 0 Å². The number of imidazole rings is 1. The second-order valence-corrected chi connectivity index (χ2v) is 6.01. The predicted octanol–water partition coefficient (Wildman–Crippen LogP) is 1.50. The third kappa shape index (κ3) is 2.99. The second-order valence-electron chi connectivity index (χ2n) is 6.01. The summed E-state index contributed by atoms with van der Waals surface area (Å²) in [4.78, 5) is 29.2. The number of aromatic nitrogens is 2. The van der Waals surface area contributed by atoms with Crippen LogP contribution in [0.5, 0.6) is 0 Å². The Morgan fingerprint density at radius 2 is 2.22 bits per heavy atom. The molecule has 0 bridgehead atoms. The molecular formula is C16H20N4O3. The van der Waals surface area contributed by atoms with Gasteiger partial charge in [-0.3, -0.25) is 4.79 Å². The number of fused-ring (bicyclic) bond motifs is 1. The zero-order valence-electron chi connectivity index (χ0n) is 13.2. The summed E-state index contributed by atoms with van der Waals surface area (Å²) in [6, 6.07) is 5.82. The molecule has 1 unspecified atom stereocenters. The Hall–Kier alpha value is -2.57. The summed E-state index contributed by atoms with van der Waals surface area (Å²) in [5.74, 6) is -0.529. The lowest BCUT2D eigenvalue weighted by Crippen LogP contribution is -2.39. The smallest absolute Gasteiger partial charge is 0.317 e. The van der Waals surface area contributed by atoms with E-state index in [-0.39, 0.29) is 12.6 Å². The van der Waals surface area contributed by atoms with E-state index in [1.165, 1.54) is 0 Å². The Labute approximate surface area is 133 Å². The number of hydrogen-bond acceptors (Lipinski definition) is 3. The molecular weight excluding hydrogens is 296 g/mol. The number of aliphatic carboxylic acids is 1. The fourth-order valence-electron chi connectivity index (χ4n) is 2.93. The number of nitrogens with one attached hydrogen (secondary N) is 1. The standard InChI is InChI=1S/C16H20N4O3/c1-10-3-4-13-12(7-10)18-14(19(13)2)8-17-16(23)20-6-5-11(9-20)15(21)22/h3-4,7,11H,5-6,8-9H2,1-2H3,(H,17,23)(H,21,22). The summed E-state index contributed by atoms with van der Waals surface area (Å²) in [6.07, 6.45) is 0.508. The van der Waals surface area contributed by atoms with Gasteiger partial charge in [0.05, 0.1) is 23.5 Å². The van der Waals surface area contributed by atoms with E-state index in [1.807, 2.05) is 36.7 Å². The number of hydrogen-bond donors (Lipinski definition) is 2. The van der Waals surface area contributed by atoms with Crippen molar-refractivity contribution in [3.05, 3.63) is 29.6 Å². The van der Waals surface area contributed by atoms with Crippen molar-refractivity contribution in [1.82, 2.24) is 19.8 Å². The Bertz CT molecular complexity index is 768. The Balaban J connectivity index is 1.65. The number of carbonyl (C=O) groups excluding carboxylic acids is 1. The summed E-state index contributed by atoms with van der Waals surface area (Å²) >= 11 is 0. The minimum absolute atomic E-state index is 0.239. The Morgan fingerprint density at radius 3 is 2.91 bits per heavy atom. The maximum absolute atomic E-state index is 12.2. The molecule has 3 rings (SSSR count). The molecule has 1 aromatic heterocycles. The minimum atomic E-state index is -0.842. The molecule has 0 saturated carbocycles. The highest BCUT2D eigenvalue weighted by atomic mass is 16.4. The van der Waals surface area contributed by atoms with Crippen molar-refractivity contribution >= 4 is 23.0 Å². The van der Waals surface area contributed by atoms with Gasteiger partial charge in [-0.2, -0.15) is 0 Å². The summed E-state index contributed by atoms with van der Waals surface area (Å²) in [7, 11) is 1.92. The molecule has 1 aliphatic rings. The number of carbonyl (C=O) groups is 2. The molecule has 2 heterocycles. The van der Waals surface area contributed by atoms with Crippen LogP contribution in [-0.2, 0) is 18.4 Å². The van der Waals surface area contributed by atoms with Gasteiger partial charge < -0.3 is 19.9 Å². The van der Waals surface area contributed by atoms with E-state index in [9.17, 15) is 9.59 Å². The minimum Gasteiger partial charge on any atom is -0.481 e. The van der Waals surface area contributed by atoms with E-state index in [2.05, 4.69) is 10.3 Å². The molecule has 0 radical (unpaired) electrons. The average Bonchev–Trinajstić information content (AvgIpc) is 3.10. The monoisotopic (exact) mass is 316 g/mol. The maximum atomic E-state index is 12.2. The van der Waals surface area contributed by atoms with Crippen LogP contribution >= 0.6 is 0 Å². The van der Waals surface area contributed by atoms with Crippen molar-refractivity contribution in [1.29, 1.82) is 0 Å². The first-order valence-corrected chi connectivity index (χ1v) is 7.63. The van der Waals surface area contributed by atoms with Crippen LogP contribution < -0.4 is 5.32 Å². The van der Waals surface area contributed by atoms with Crippen LogP contribution in [0.4, 0.5) is 4.79 Å². The molecule has 2 N–H and O–H groups in total. The molecule has 0 spiro atoms. The van der Waals surface area contributed by atoms with Crippen molar-refractivity contribution < 1.29 is 14.7 Å². The van der Waals surface area contributed by atoms with Gasteiger partial charge in [-0.25, -0.2) is 9.78 Å². The number of carboxylic acids is 1. The van der Waals surface area contributed by atoms with E-state index in [1.54, 1.807) is 4.90 Å². The molecule has 122 valence electrons. The lowest BCUT2D eigenvalue weighted by molar-refractivity contribution is -0.141. The maximum Gasteiger partial charge on any atom is 0.317 e. The van der Waals surface area contributed by atoms with Gasteiger partial charge in [-0.15, -0.1) is 0 Å². The number of urea groups is 1. The number of aryl methyl sites for hydroxylation is 2. The molecule has 1 aliphatic heterocycles. The number of carboxylic acid groups (broad SMARTS) is 1. The lowest BCUT2D eigenvalue weighted by Gasteiger charge is -2.16. The second kappa shape index (κ2) is 5.91.